The highest BCUT2D eigenvalue weighted by Crippen LogP contribution is 2.24. The first-order valence-corrected chi connectivity index (χ1v) is 12.0. The van der Waals surface area contributed by atoms with Crippen LogP contribution in [-0.4, -0.2) is 24.7 Å². The minimum atomic E-state index is 0.509. The Labute approximate surface area is 210 Å². The Hall–Kier alpha value is -3.16. The van der Waals surface area contributed by atoms with Gasteiger partial charge in [0.15, 0.2) is 5.11 Å². The van der Waals surface area contributed by atoms with Crippen LogP contribution in [0, 0.1) is 34.6 Å². The number of anilines is 2. The van der Waals surface area contributed by atoms with Crippen molar-refractivity contribution in [1.82, 2.24) is 19.6 Å². The van der Waals surface area contributed by atoms with Crippen molar-refractivity contribution >= 4 is 40.3 Å². The van der Waals surface area contributed by atoms with Crippen LogP contribution in [0.4, 0.5) is 11.4 Å². The van der Waals surface area contributed by atoms with Crippen LogP contribution in [0.5, 0.6) is 0 Å². The molecule has 2 aromatic heterocycles. The third-order valence-corrected chi connectivity index (χ3v) is 6.48. The molecule has 176 valence electrons. The first-order chi connectivity index (χ1) is 16.2. The summed E-state index contributed by atoms with van der Waals surface area (Å²) in [7, 11) is 0. The molecule has 6 nitrogen and oxygen atoms in total. The maximum Gasteiger partial charge on any atom is 0.175 e. The van der Waals surface area contributed by atoms with Gasteiger partial charge in [0.05, 0.1) is 47.2 Å². The summed E-state index contributed by atoms with van der Waals surface area (Å²) < 4.78 is 3.98. The zero-order valence-corrected chi connectivity index (χ0v) is 21.7. The van der Waals surface area contributed by atoms with Crippen LogP contribution in [0.15, 0.2) is 48.5 Å². The summed E-state index contributed by atoms with van der Waals surface area (Å²) in [5, 5.41) is 17.4. The van der Waals surface area contributed by atoms with Gasteiger partial charge in [-0.3, -0.25) is 9.36 Å². The largest absolute Gasteiger partial charge is 0.329 e. The molecule has 2 heterocycles. The third-order valence-electron chi connectivity index (χ3n) is 6.04. The van der Waals surface area contributed by atoms with Gasteiger partial charge in [-0.25, -0.2) is 0 Å². The normalized spacial score (nSPS) is 11.0. The molecule has 8 heteroatoms. The molecule has 0 fully saturated rings. The van der Waals surface area contributed by atoms with Crippen molar-refractivity contribution in [2.24, 2.45) is 0 Å². The molecule has 34 heavy (non-hydrogen) atoms. The number of aryl methyl sites for hydroxylation is 3. The van der Waals surface area contributed by atoms with Gasteiger partial charge in [0.1, 0.15) is 0 Å². The maximum absolute atomic E-state index is 6.14. The predicted molar refractivity (Wildman–Crippen MR) is 144 cm³/mol. The second kappa shape index (κ2) is 9.99. The Morgan fingerprint density at radius 1 is 0.824 bits per heavy atom. The van der Waals surface area contributed by atoms with Crippen molar-refractivity contribution in [2.45, 2.75) is 47.7 Å². The van der Waals surface area contributed by atoms with Crippen LogP contribution in [0.2, 0.25) is 5.02 Å². The minimum Gasteiger partial charge on any atom is -0.329 e. The summed E-state index contributed by atoms with van der Waals surface area (Å²) in [5.41, 5.74) is 9.25. The monoisotopic (exact) mass is 492 g/mol. The van der Waals surface area contributed by atoms with Crippen molar-refractivity contribution in [3.05, 3.63) is 93.0 Å². The van der Waals surface area contributed by atoms with Crippen molar-refractivity contribution in [3.63, 3.8) is 0 Å². The topological polar surface area (TPSA) is 59.7 Å². The Balaban J connectivity index is 1.48. The van der Waals surface area contributed by atoms with Crippen LogP contribution < -0.4 is 10.6 Å². The van der Waals surface area contributed by atoms with E-state index < -0.39 is 0 Å². The smallest absolute Gasteiger partial charge is 0.175 e. The lowest BCUT2D eigenvalue weighted by atomic mass is 10.1. The van der Waals surface area contributed by atoms with Crippen molar-refractivity contribution in [3.8, 4) is 0 Å². The van der Waals surface area contributed by atoms with E-state index in [-0.39, 0.29) is 0 Å². The number of rotatable bonds is 6. The predicted octanol–water partition coefficient (Wildman–Crippen LogP) is 6.18. The highest BCUT2D eigenvalue weighted by atomic mass is 35.5. The molecule has 0 bridgehead atoms. The minimum absolute atomic E-state index is 0.509. The van der Waals surface area contributed by atoms with Gasteiger partial charge in [-0.15, -0.1) is 0 Å². The van der Waals surface area contributed by atoms with Crippen molar-refractivity contribution < 1.29 is 0 Å². The van der Waals surface area contributed by atoms with E-state index in [1.54, 1.807) is 0 Å². The fourth-order valence-electron chi connectivity index (χ4n) is 4.08. The van der Waals surface area contributed by atoms with Gasteiger partial charge in [0.2, 0.25) is 0 Å². The third kappa shape index (κ3) is 5.16. The molecule has 0 spiro atoms. The van der Waals surface area contributed by atoms with Gasteiger partial charge in [-0.05, 0) is 75.7 Å². The molecule has 0 aliphatic heterocycles. The Kier molecular flexibility index (Phi) is 7.05. The lowest BCUT2D eigenvalue weighted by molar-refractivity contribution is 0.657. The van der Waals surface area contributed by atoms with E-state index in [2.05, 4.69) is 48.7 Å². The van der Waals surface area contributed by atoms with E-state index in [1.807, 2.05) is 54.4 Å². The number of benzene rings is 2. The number of aromatic nitrogens is 4. The van der Waals surface area contributed by atoms with Crippen LogP contribution in [0.1, 0.15) is 39.5 Å². The quantitative estimate of drug-likeness (QED) is 0.315. The van der Waals surface area contributed by atoms with Crippen LogP contribution in [0.3, 0.4) is 0 Å². The average Bonchev–Trinajstić information content (AvgIpc) is 3.19. The van der Waals surface area contributed by atoms with Gasteiger partial charge >= 0.3 is 0 Å². The Morgan fingerprint density at radius 3 is 2.00 bits per heavy atom. The summed E-state index contributed by atoms with van der Waals surface area (Å²) in [6.45, 7) is 11.5. The molecule has 4 aromatic rings. The molecule has 2 N–H and O–H groups in total. The number of nitrogens with zero attached hydrogens (tertiary/aromatic N) is 4. The SMILES string of the molecule is Cc1ccccc1Cn1nc(C)c(NC(=S)Nc2c(C)nn(Cc3cccc(Cl)c3)c2C)c1C. The van der Waals surface area contributed by atoms with E-state index in [4.69, 9.17) is 34.0 Å². The lowest BCUT2D eigenvalue weighted by Gasteiger charge is -2.12. The summed E-state index contributed by atoms with van der Waals surface area (Å²) >= 11 is 11.8. The van der Waals surface area contributed by atoms with Crippen molar-refractivity contribution in [1.29, 1.82) is 0 Å². The molecular weight excluding hydrogens is 464 g/mol. The van der Waals surface area contributed by atoms with E-state index in [0.717, 1.165) is 51.3 Å². The molecule has 0 unspecified atom stereocenters. The molecule has 0 saturated carbocycles. The van der Waals surface area contributed by atoms with E-state index in [9.17, 15) is 0 Å². The van der Waals surface area contributed by atoms with E-state index >= 15 is 0 Å². The molecule has 0 aliphatic rings. The molecule has 0 radical (unpaired) electrons. The van der Waals surface area contributed by atoms with Gasteiger partial charge in [0, 0.05) is 5.02 Å². The molecule has 0 atom stereocenters. The highest BCUT2D eigenvalue weighted by molar-refractivity contribution is 7.80. The Bertz CT molecular complexity index is 1350. The number of thiocarbonyl (C=S) groups is 1. The van der Waals surface area contributed by atoms with E-state index in [0.29, 0.717) is 11.7 Å². The number of hydrogen-bond acceptors (Lipinski definition) is 3. The highest BCUT2D eigenvalue weighted by Gasteiger charge is 2.17. The standard InChI is InChI=1S/C26H29ClN6S/c1-16-9-6-7-11-22(16)15-33-20(5)25(18(3)31-33)29-26(34)28-24-17(2)30-32(19(24)4)14-21-10-8-12-23(27)13-21/h6-13H,14-15H2,1-5H3,(H2,28,29,34). The molecule has 2 aromatic carbocycles. The van der Waals surface area contributed by atoms with Crippen LogP contribution in [-0.2, 0) is 13.1 Å². The molecular formula is C26H29ClN6S. The fraction of sp³-hybridized carbons (Fsp3) is 0.269. The zero-order valence-electron chi connectivity index (χ0n) is 20.1. The van der Waals surface area contributed by atoms with Gasteiger partial charge < -0.3 is 10.6 Å². The second-order valence-electron chi connectivity index (χ2n) is 8.54. The second-order valence-corrected chi connectivity index (χ2v) is 9.39. The molecule has 0 aliphatic carbocycles. The summed E-state index contributed by atoms with van der Waals surface area (Å²) in [6, 6.07) is 16.2. The van der Waals surface area contributed by atoms with Crippen molar-refractivity contribution in [2.75, 3.05) is 10.6 Å². The molecule has 0 amide bonds. The number of halogens is 1. The summed E-state index contributed by atoms with van der Waals surface area (Å²) in [6.07, 6.45) is 0. The molecule has 4 rings (SSSR count). The fourth-order valence-corrected chi connectivity index (χ4v) is 4.50. The lowest BCUT2D eigenvalue weighted by Crippen LogP contribution is -2.21. The summed E-state index contributed by atoms with van der Waals surface area (Å²) in [5.74, 6) is 0. The van der Waals surface area contributed by atoms with E-state index in [1.165, 1.54) is 11.1 Å². The van der Waals surface area contributed by atoms with Crippen LogP contribution >= 0.6 is 23.8 Å². The first kappa shape index (κ1) is 24.0. The maximum atomic E-state index is 6.14. The number of hydrogen-bond donors (Lipinski definition) is 2. The Morgan fingerprint density at radius 2 is 1.41 bits per heavy atom. The summed E-state index contributed by atoms with van der Waals surface area (Å²) in [4.78, 5) is 0. The average molecular weight is 493 g/mol. The zero-order chi connectivity index (χ0) is 24.4. The van der Waals surface area contributed by atoms with Gasteiger partial charge in [0.25, 0.3) is 0 Å². The van der Waals surface area contributed by atoms with Gasteiger partial charge in [-0.2, -0.15) is 10.2 Å². The van der Waals surface area contributed by atoms with Crippen LogP contribution in [0.25, 0.3) is 0 Å². The van der Waals surface area contributed by atoms with Gasteiger partial charge in [-0.1, -0.05) is 48.0 Å². The number of nitrogens with one attached hydrogen (secondary N) is 2. The molecule has 0 saturated heterocycles. The first-order valence-electron chi connectivity index (χ1n) is 11.2.